The SMILES string of the molecule is CC(C)C1CCN(C)CC1CC(C)C1CCNCC1. The van der Waals surface area contributed by atoms with Crippen LogP contribution in [0.3, 0.4) is 0 Å². The molecule has 2 heteroatoms. The molecular weight excluding hydrogens is 232 g/mol. The average Bonchev–Trinajstić information content (AvgIpc) is 2.39. The normalized spacial score (nSPS) is 32.7. The predicted octanol–water partition coefficient (Wildman–Crippen LogP) is 3.24. The van der Waals surface area contributed by atoms with Gasteiger partial charge in [-0.05, 0) is 82.0 Å². The van der Waals surface area contributed by atoms with Gasteiger partial charge in [0.15, 0.2) is 0 Å². The van der Waals surface area contributed by atoms with Crippen LogP contribution in [0.2, 0.25) is 0 Å². The monoisotopic (exact) mass is 266 g/mol. The van der Waals surface area contributed by atoms with Crippen LogP contribution in [0.5, 0.6) is 0 Å². The maximum Gasteiger partial charge on any atom is 0.000947 e. The first-order valence-electron chi connectivity index (χ1n) is 8.47. The Labute approximate surface area is 120 Å². The van der Waals surface area contributed by atoms with E-state index in [9.17, 15) is 0 Å². The molecule has 2 saturated heterocycles. The fraction of sp³-hybridized carbons (Fsp3) is 1.00. The minimum Gasteiger partial charge on any atom is -0.317 e. The lowest BCUT2D eigenvalue weighted by molar-refractivity contribution is 0.0813. The van der Waals surface area contributed by atoms with Crippen molar-refractivity contribution in [3.8, 4) is 0 Å². The van der Waals surface area contributed by atoms with E-state index in [-0.39, 0.29) is 0 Å². The Morgan fingerprint density at radius 1 is 1.11 bits per heavy atom. The van der Waals surface area contributed by atoms with Crippen LogP contribution in [-0.2, 0) is 0 Å². The average molecular weight is 266 g/mol. The molecule has 19 heavy (non-hydrogen) atoms. The van der Waals surface area contributed by atoms with Crippen LogP contribution in [-0.4, -0.2) is 38.1 Å². The summed E-state index contributed by atoms with van der Waals surface area (Å²) in [6.45, 7) is 12.5. The lowest BCUT2D eigenvalue weighted by Gasteiger charge is -2.41. The van der Waals surface area contributed by atoms with Crippen LogP contribution < -0.4 is 5.32 Å². The molecule has 2 rings (SSSR count). The predicted molar refractivity (Wildman–Crippen MR) is 83.3 cm³/mol. The van der Waals surface area contributed by atoms with Crippen LogP contribution in [0, 0.1) is 29.6 Å². The molecule has 2 fully saturated rings. The van der Waals surface area contributed by atoms with Gasteiger partial charge in [0.25, 0.3) is 0 Å². The van der Waals surface area contributed by atoms with Gasteiger partial charge in [-0.2, -0.15) is 0 Å². The fourth-order valence-electron chi connectivity index (χ4n) is 4.44. The standard InChI is InChI=1S/C17H34N2/c1-13(2)17-7-10-19(4)12-16(17)11-14(3)15-5-8-18-9-6-15/h13-18H,5-12H2,1-4H3. The molecule has 0 aromatic heterocycles. The van der Waals surface area contributed by atoms with E-state index in [0.29, 0.717) is 0 Å². The second-order valence-corrected chi connectivity index (χ2v) is 7.52. The molecule has 3 unspecified atom stereocenters. The van der Waals surface area contributed by atoms with Crippen LogP contribution in [0.25, 0.3) is 0 Å². The zero-order chi connectivity index (χ0) is 13.8. The van der Waals surface area contributed by atoms with Crippen LogP contribution in [0.15, 0.2) is 0 Å². The minimum atomic E-state index is 0.860. The van der Waals surface area contributed by atoms with Crippen LogP contribution >= 0.6 is 0 Å². The van der Waals surface area contributed by atoms with E-state index in [2.05, 4.69) is 38.0 Å². The molecule has 0 bridgehead atoms. The smallest absolute Gasteiger partial charge is 0.000947 e. The zero-order valence-electron chi connectivity index (χ0n) is 13.5. The second kappa shape index (κ2) is 7.08. The van der Waals surface area contributed by atoms with Gasteiger partial charge in [0.2, 0.25) is 0 Å². The molecule has 2 aliphatic rings. The third-order valence-electron chi connectivity index (χ3n) is 5.72. The van der Waals surface area contributed by atoms with Gasteiger partial charge in [-0.3, -0.25) is 0 Å². The summed E-state index contributed by atoms with van der Waals surface area (Å²) in [4.78, 5) is 2.55. The summed E-state index contributed by atoms with van der Waals surface area (Å²) in [5.74, 6) is 4.64. The summed E-state index contributed by atoms with van der Waals surface area (Å²) in [5, 5.41) is 3.50. The summed E-state index contributed by atoms with van der Waals surface area (Å²) in [7, 11) is 2.30. The Balaban J connectivity index is 1.90. The van der Waals surface area contributed by atoms with Crippen molar-refractivity contribution in [3.63, 3.8) is 0 Å². The molecule has 0 aliphatic carbocycles. The first kappa shape index (κ1) is 15.3. The largest absolute Gasteiger partial charge is 0.317 e. The summed E-state index contributed by atoms with van der Waals surface area (Å²) < 4.78 is 0. The molecule has 0 aromatic carbocycles. The summed E-state index contributed by atoms with van der Waals surface area (Å²) in [6.07, 6.45) is 5.67. The highest BCUT2D eigenvalue weighted by Gasteiger charge is 2.32. The van der Waals surface area contributed by atoms with Gasteiger partial charge in [-0.15, -0.1) is 0 Å². The number of piperidine rings is 2. The second-order valence-electron chi connectivity index (χ2n) is 7.52. The van der Waals surface area contributed by atoms with Gasteiger partial charge >= 0.3 is 0 Å². The molecule has 2 nitrogen and oxygen atoms in total. The lowest BCUT2D eigenvalue weighted by atomic mass is 9.71. The third kappa shape index (κ3) is 4.19. The highest BCUT2D eigenvalue weighted by molar-refractivity contribution is 4.84. The molecule has 2 heterocycles. The maximum atomic E-state index is 3.50. The summed E-state index contributed by atoms with van der Waals surface area (Å²) >= 11 is 0. The van der Waals surface area contributed by atoms with Crippen molar-refractivity contribution in [2.24, 2.45) is 29.6 Å². The van der Waals surface area contributed by atoms with Gasteiger partial charge in [0.05, 0.1) is 0 Å². The number of rotatable bonds is 4. The van der Waals surface area contributed by atoms with Crippen molar-refractivity contribution in [3.05, 3.63) is 0 Å². The van der Waals surface area contributed by atoms with Gasteiger partial charge in [0.1, 0.15) is 0 Å². The van der Waals surface area contributed by atoms with E-state index in [4.69, 9.17) is 0 Å². The summed E-state index contributed by atoms with van der Waals surface area (Å²) in [6, 6.07) is 0. The first-order chi connectivity index (χ1) is 9.08. The number of nitrogens with one attached hydrogen (secondary N) is 1. The van der Waals surface area contributed by atoms with E-state index in [0.717, 1.165) is 29.6 Å². The molecular formula is C17H34N2. The molecule has 0 amide bonds. The Hall–Kier alpha value is -0.0800. The zero-order valence-corrected chi connectivity index (χ0v) is 13.5. The van der Waals surface area contributed by atoms with E-state index in [1.165, 1.54) is 51.9 Å². The Morgan fingerprint density at radius 2 is 1.79 bits per heavy atom. The lowest BCUT2D eigenvalue weighted by Crippen LogP contribution is -2.41. The van der Waals surface area contributed by atoms with Crippen LogP contribution in [0.1, 0.15) is 46.5 Å². The Morgan fingerprint density at radius 3 is 2.42 bits per heavy atom. The van der Waals surface area contributed by atoms with E-state index < -0.39 is 0 Å². The van der Waals surface area contributed by atoms with Crippen molar-refractivity contribution < 1.29 is 0 Å². The molecule has 112 valence electrons. The van der Waals surface area contributed by atoms with Crippen molar-refractivity contribution >= 4 is 0 Å². The molecule has 0 saturated carbocycles. The molecule has 0 radical (unpaired) electrons. The molecule has 0 spiro atoms. The number of nitrogens with zero attached hydrogens (tertiary/aromatic N) is 1. The van der Waals surface area contributed by atoms with Crippen LogP contribution in [0.4, 0.5) is 0 Å². The van der Waals surface area contributed by atoms with E-state index in [1.54, 1.807) is 0 Å². The molecule has 3 atom stereocenters. The highest BCUT2D eigenvalue weighted by atomic mass is 15.1. The number of hydrogen-bond acceptors (Lipinski definition) is 2. The Bertz CT molecular complexity index is 258. The minimum absolute atomic E-state index is 0.860. The van der Waals surface area contributed by atoms with Gasteiger partial charge in [0, 0.05) is 6.54 Å². The fourth-order valence-corrected chi connectivity index (χ4v) is 4.44. The van der Waals surface area contributed by atoms with Crippen molar-refractivity contribution in [1.29, 1.82) is 0 Å². The molecule has 1 N–H and O–H groups in total. The highest BCUT2D eigenvalue weighted by Crippen LogP contribution is 2.36. The molecule has 0 aromatic rings. The maximum absolute atomic E-state index is 3.50. The number of hydrogen-bond donors (Lipinski definition) is 1. The quantitative estimate of drug-likeness (QED) is 0.840. The molecule has 2 aliphatic heterocycles. The topological polar surface area (TPSA) is 15.3 Å². The third-order valence-corrected chi connectivity index (χ3v) is 5.72. The van der Waals surface area contributed by atoms with E-state index in [1.807, 2.05) is 0 Å². The Kier molecular flexibility index (Phi) is 5.70. The summed E-state index contributed by atoms with van der Waals surface area (Å²) in [5.41, 5.74) is 0. The van der Waals surface area contributed by atoms with Gasteiger partial charge < -0.3 is 10.2 Å². The van der Waals surface area contributed by atoms with Gasteiger partial charge in [-0.1, -0.05) is 20.8 Å². The van der Waals surface area contributed by atoms with E-state index >= 15 is 0 Å². The van der Waals surface area contributed by atoms with Crippen molar-refractivity contribution in [2.75, 3.05) is 33.2 Å². The van der Waals surface area contributed by atoms with Crippen molar-refractivity contribution in [1.82, 2.24) is 10.2 Å². The first-order valence-corrected chi connectivity index (χ1v) is 8.47. The van der Waals surface area contributed by atoms with Crippen molar-refractivity contribution in [2.45, 2.75) is 46.5 Å². The van der Waals surface area contributed by atoms with Gasteiger partial charge in [-0.25, -0.2) is 0 Å². The number of likely N-dealkylation sites (tertiary alicyclic amines) is 1.